The number of anilines is 1. The van der Waals surface area contributed by atoms with E-state index in [4.69, 9.17) is 16.3 Å². The summed E-state index contributed by atoms with van der Waals surface area (Å²) >= 11 is 10.2. The zero-order valence-electron chi connectivity index (χ0n) is 17.7. The van der Waals surface area contributed by atoms with Gasteiger partial charge in [0, 0.05) is 10.7 Å². The lowest BCUT2D eigenvalue weighted by molar-refractivity contribution is -0.127. The second-order valence-corrected chi connectivity index (χ2v) is 9.57. The molecule has 0 spiro atoms. The molecule has 172 valence electrons. The molecule has 0 aromatic heterocycles. The Morgan fingerprint density at radius 3 is 2.50 bits per heavy atom. The summed E-state index contributed by atoms with van der Waals surface area (Å²) in [7, 11) is 0. The van der Waals surface area contributed by atoms with E-state index in [1.807, 2.05) is 18.2 Å². The van der Waals surface area contributed by atoms with Crippen molar-refractivity contribution in [1.82, 2.24) is 4.90 Å². The van der Waals surface area contributed by atoms with Gasteiger partial charge in [-0.15, -0.1) is 0 Å². The predicted octanol–water partition coefficient (Wildman–Crippen LogP) is 6.36. The monoisotopic (exact) mass is 556 g/mol. The third-order valence-electron chi connectivity index (χ3n) is 4.79. The van der Waals surface area contributed by atoms with Crippen LogP contribution in [0.25, 0.3) is 6.08 Å². The fourth-order valence-electron chi connectivity index (χ4n) is 3.12. The lowest BCUT2D eigenvalue weighted by atomic mass is 10.2. The number of benzene rings is 3. The largest absolute Gasteiger partial charge is 0.488 e. The normalized spacial score (nSPS) is 14.5. The predicted molar refractivity (Wildman–Crippen MR) is 138 cm³/mol. The molecule has 1 aliphatic heterocycles. The Morgan fingerprint density at radius 2 is 1.79 bits per heavy atom. The molecular formula is C25H18BrClN2O4S. The molecular weight excluding hydrogens is 540 g/mol. The number of nitrogens with zero attached hydrogens (tertiary/aromatic N) is 1. The molecule has 6 nitrogen and oxygen atoms in total. The van der Waals surface area contributed by atoms with Gasteiger partial charge in [-0.05, 0) is 81.3 Å². The topological polar surface area (TPSA) is 75.7 Å². The van der Waals surface area contributed by atoms with Crippen molar-refractivity contribution in [2.45, 2.75) is 6.61 Å². The minimum atomic E-state index is -0.502. The number of imide groups is 1. The number of nitrogens with one attached hydrogen (secondary N) is 1. The summed E-state index contributed by atoms with van der Waals surface area (Å²) in [6.07, 6.45) is 1.62. The van der Waals surface area contributed by atoms with Crippen molar-refractivity contribution in [2.24, 2.45) is 0 Å². The Hall–Kier alpha value is -3.07. The molecule has 0 saturated carbocycles. The van der Waals surface area contributed by atoms with E-state index in [2.05, 4.69) is 21.2 Å². The fourth-order valence-corrected chi connectivity index (χ4v) is 4.59. The highest BCUT2D eigenvalue weighted by Gasteiger charge is 2.36. The van der Waals surface area contributed by atoms with Crippen LogP contribution in [0.4, 0.5) is 10.5 Å². The fraction of sp³-hybridized carbons (Fsp3) is 0.0800. The maximum Gasteiger partial charge on any atom is 0.294 e. The summed E-state index contributed by atoms with van der Waals surface area (Å²) in [4.78, 5) is 38.5. The van der Waals surface area contributed by atoms with Gasteiger partial charge < -0.3 is 10.1 Å². The number of hydrogen-bond donors (Lipinski definition) is 1. The molecule has 3 aromatic rings. The van der Waals surface area contributed by atoms with E-state index in [0.717, 1.165) is 22.2 Å². The molecule has 4 rings (SSSR count). The number of thioether (sulfide) groups is 1. The molecule has 1 saturated heterocycles. The summed E-state index contributed by atoms with van der Waals surface area (Å²) in [5.41, 5.74) is 2.29. The van der Waals surface area contributed by atoms with Crippen molar-refractivity contribution in [3.63, 3.8) is 0 Å². The van der Waals surface area contributed by atoms with Crippen LogP contribution in [-0.2, 0) is 16.2 Å². The highest BCUT2D eigenvalue weighted by Crippen LogP contribution is 2.34. The molecule has 3 aromatic carbocycles. The van der Waals surface area contributed by atoms with E-state index in [-0.39, 0.29) is 11.4 Å². The standard InChI is InChI=1S/C25H18BrClN2O4S/c26-20-12-17(8-11-21(20)33-15-16-6-9-18(27)10-7-16)13-22-24(31)29(25(32)34-22)14-23(30)28-19-4-2-1-3-5-19/h1-13H,14-15H2,(H,28,30)/b22-13+. The number of rotatable bonds is 7. The lowest BCUT2D eigenvalue weighted by Crippen LogP contribution is -2.36. The molecule has 1 N–H and O–H groups in total. The smallest absolute Gasteiger partial charge is 0.294 e. The van der Waals surface area contributed by atoms with E-state index in [1.54, 1.807) is 60.7 Å². The van der Waals surface area contributed by atoms with E-state index >= 15 is 0 Å². The number of hydrogen-bond acceptors (Lipinski definition) is 5. The van der Waals surface area contributed by atoms with Gasteiger partial charge in [0.05, 0.1) is 9.38 Å². The van der Waals surface area contributed by atoms with Crippen molar-refractivity contribution in [1.29, 1.82) is 0 Å². The third-order valence-corrected chi connectivity index (χ3v) is 6.57. The molecule has 9 heteroatoms. The quantitative estimate of drug-likeness (QED) is 0.342. The van der Waals surface area contributed by atoms with Crippen molar-refractivity contribution >= 4 is 68.1 Å². The van der Waals surface area contributed by atoms with Crippen LogP contribution in [0.3, 0.4) is 0 Å². The average Bonchev–Trinajstić information content (AvgIpc) is 3.07. The molecule has 0 bridgehead atoms. The second-order valence-electron chi connectivity index (χ2n) is 7.29. The van der Waals surface area contributed by atoms with Gasteiger partial charge in [0.25, 0.3) is 11.1 Å². The first kappa shape index (κ1) is 24.1. The van der Waals surface area contributed by atoms with Gasteiger partial charge in [0.2, 0.25) is 5.91 Å². The summed E-state index contributed by atoms with van der Waals surface area (Å²) < 4.78 is 6.55. The van der Waals surface area contributed by atoms with Crippen molar-refractivity contribution in [2.75, 3.05) is 11.9 Å². The van der Waals surface area contributed by atoms with Gasteiger partial charge in [-0.1, -0.05) is 48.0 Å². The van der Waals surface area contributed by atoms with Gasteiger partial charge in [-0.25, -0.2) is 0 Å². The number of carbonyl (C=O) groups excluding carboxylic acids is 3. The number of amides is 3. The first-order chi connectivity index (χ1) is 16.4. The lowest BCUT2D eigenvalue weighted by Gasteiger charge is -2.12. The van der Waals surface area contributed by atoms with E-state index in [1.165, 1.54) is 0 Å². The van der Waals surface area contributed by atoms with Crippen LogP contribution in [0.1, 0.15) is 11.1 Å². The summed E-state index contributed by atoms with van der Waals surface area (Å²) in [5.74, 6) is -0.310. The van der Waals surface area contributed by atoms with Gasteiger partial charge in [-0.3, -0.25) is 19.3 Å². The van der Waals surface area contributed by atoms with Crippen LogP contribution < -0.4 is 10.1 Å². The van der Waals surface area contributed by atoms with Crippen LogP contribution >= 0.6 is 39.3 Å². The first-order valence-electron chi connectivity index (χ1n) is 10.2. The number of halogens is 2. The van der Waals surface area contributed by atoms with Gasteiger partial charge in [0.15, 0.2) is 0 Å². The molecule has 0 aliphatic carbocycles. The molecule has 34 heavy (non-hydrogen) atoms. The van der Waals surface area contributed by atoms with Gasteiger partial charge >= 0.3 is 0 Å². The van der Waals surface area contributed by atoms with Crippen LogP contribution in [0.15, 0.2) is 82.2 Å². The highest BCUT2D eigenvalue weighted by atomic mass is 79.9. The first-order valence-corrected chi connectivity index (χ1v) is 12.1. The molecule has 1 heterocycles. The van der Waals surface area contributed by atoms with E-state index in [0.29, 0.717) is 33.1 Å². The molecule has 0 radical (unpaired) electrons. The minimum Gasteiger partial charge on any atom is -0.488 e. The summed E-state index contributed by atoms with van der Waals surface area (Å²) in [6.45, 7) is 0.0249. The highest BCUT2D eigenvalue weighted by molar-refractivity contribution is 9.10. The average molecular weight is 558 g/mol. The third kappa shape index (κ3) is 6.08. The van der Waals surface area contributed by atoms with Crippen LogP contribution in [0.2, 0.25) is 5.02 Å². The molecule has 0 unspecified atom stereocenters. The molecule has 1 fully saturated rings. The molecule has 3 amide bonds. The molecule has 0 atom stereocenters. The van der Waals surface area contributed by atoms with Gasteiger partial charge in [0.1, 0.15) is 18.9 Å². The zero-order chi connectivity index (χ0) is 24.1. The summed E-state index contributed by atoms with van der Waals surface area (Å²) in [5, 5.41) is 2.85. The summed E-state index contributed by atoms with van der Waals surface area (Å²) in [6, 6.07) is 21.6. The molecule has 1 aliphatic rings. The maximum atomic E-state index is 12.7. The van der Waals surface area contributed by atoms with Crippen LogP contribution in [0.5, 0.6) is 5.75 Å². The minimum absolute atomic E-state index is 0.249. The SMILES string of the molecule is O=C(CN1C(=O)S/C(=C/c2ccc(OCc3ccc(Cl)cc3)c(Br)c2)C1=O)Nc1ccccc1. The Morgan fingerprint density at radius 1 is 1.06 bits per heavy atom. The maximum absolute atomic E-state index is 12.7. The zero-order valence-corrected chi connectivity index (χ0v) is 20.8. The second kappa shape index (κ2) is 10.9. The van der Waals surface area contributed by atoms with Gasteiger partial charge in [-0.2, -0.15) is 0 Å². The Balaban J connectivity index is 1.39. The van der Waals surface area contributed by atoms with Crippen molar-refractivity contribution in [3.05, 3.63) is 98.3 Å². The van der Waals surface area contributed by atoms with Crippen LogP contribution in [-0.4, -0.2) is 28.5 Å². The Kier molecular flexibility index (Phi) is 7.72. The van der Waals surface area contributed by atoms with E-state index in [9.17, 15) is 14.4 Å². The van der Waals surface area contributed by atoms with E-state index < -0.39 is 17.1 Å². The van der Waals surface area contributed by atoms with Crippen LogP contribution in [0, 0.1) is 0 Å². The van der Waals surface area contributed by atoms with Crippen molar-refractivity contribution < 1.29 is 19.1 Å². The number of carbonyl (C=O) groups is 3. The number of para-hydroxylation sites is 1. The Bertz CT molecular complexity index is 1270. The number of ether oxygens (including phenoxy) is 1. The van der Waals surface area contributed by atoms with Crippen molar-refractivity contribution in [3.8, 4) is 5.75 Å². The Labute approximate surface area is 214 Å².